The van der Waals surface area contributed by atoms with E-state index in [0.29, 0.717) is 18.0 Å². The van der Waals surface area contributed by atoms with Gasteiger partial charge in [0.15, 0.2) is 5.82 Å². The van der Waals surface area contributed by atoms with Gasteiger partial charge in [0.2, 0.25) is 5.16 Å². The molecule has 0 radical (unpaired) electrons. The highest BCUT2D eigenvalue weighted by Crippen LogP contribution is 2.45. The van der Waals surface area contributed by atoms with Crippen LogP contribution in [0.4, 0.5) is 0 Å². The van der Waals surface area contributed by atoms with Crippen molar-refractivity contribution in [3.63, 3.8) is 0 Å². The van der Waals surface area contributed by atoms with E-state index < -0.39 is 0 Å². The summed E-state index contributed by atoms with van der Waals surface area (Å²) in [5.74, 6) is 2.35. The van der Waals surface area contributed by atoms with Gasteiger partial charge >= 0.3 is 0 Å². The Labute approximate surface area is 167 Å². The van der Waals surface area contributed by atoms with Gasteiger partial charge < -0.3 is 20.0 Å². The molecule has 1 aromatic heterocycles. The molecule has 4 rings (SSSR count). The number of benzene rings is 2. The third kappa shape index (κ3) is 3.13. The van der Waals surface area contributed by atoms with Gasteiger partial charge in [-0.15, -0.1) is 10.2 Å². The third-order valence-electron chi connectivity index (χ3n) is 4.62. The maximum atomic E-state index is 10.2. The maximum Gasteiger partial charge on any atom is 0.212 e. The van der Waals surface area contributed by atoms with Crippen LogP contribution in [0.5, 0.6) is 17.2 Å². The van der Waals surface area contributed by atoms with Gasteiger partial charge in [0.1, 0.15) is 22.6 Å². The first-order chi connectivity index (χ1) is 13.7. The van der Waals surface area contributed by atoms with Crippen molar-refractivity contribution < 1.29 is 14.6 Å². The average molecular weight is 398 g/mol. The predicted molar refractivity (Wildman–Crippen MR) is 109 cm³/mol. The van der Waals surface area contributed by atoms with Gasteiger partial charge in [-0.3, -0.25) is 0 Å². The topological polar surface area (TPSA) is 81.4 Å². The SMILES string of the molecule is CCOc1cc(OC)c(C2Nn3c(nnc3-c3ccccc3O)S2)cc1CC. The highest BCUT2D eigenvalue weighted by atomic mass is 32.2. The van der Waals surface area contributed by atoms with Crippen LogP contribution in [0, 0.1) is 0 Å². The first-order valence-corrected chi connectivity index (χ1v) is 10.0. The second kappa shape index (κ2) is 7.63. The average Bonchev–Trinajstić information content (AvgIpc) is 3.29. The highest BCUT2D eigenvalue weighted by Gasteiger charge is 2.31. The van der Waals surface area contributed by atoms with E-state index in [-0.39, 0.29) is 11.1 Å². The molecule has 1 unspecified atom stereocenters. The Morgan fingerprint density at radius 3 is 2.71 bits per heavy atom. The van der Waals surface area contributed by atoms with Crippen LogP contribution in [0.15, 0.2) is 41.6 Å². The van der Waals surface area contributed by atoms with Gasteiger partial charge in [-0.2, -0.15) is 0 Å². The minimum atomic E-state index is -0.0916. The van der Waals surface area contributed by atoms with E-state index in [2.05, 4.69) is 28.6 Å². The van der Waals surface area contributed by atoms with E-state index in [4.69, 9.17) is 9.47 Å². The number of nitrogens with one attached hydrogen (secondary N) is 1. The standard InChI is InChI=1S/C20H22N4O3S/c1-4-12-10-14(17(26-3)11-16(12)27-5-2)19-23-24-18(21-22-20(24)28-19)13-8-6-7-9-15(13)25/h6-11,19,23,25H,4-5H2,1-3H3. The molecule has 7 nitrogen and oxygen atoms in total. The number of thioether (sulfide) groups is 1. The van der Waals surface area contributed by atoms with Crippen LogP contribution < -0.4 is 14.9 Å². The van der Waals surface area contributed by atoms with E-state index in [0.717, 1.165) is 34.2 Å². The zero-order valence-corrected chi connectivity index (χ0v) is 16.8. The zero-order chi connectivity index (χ0) is 19.7. The van der Waals surface area contributed by atoms with Crippen LogP contribution in [0.1, 0.15) is 30.3 Å². The molecule has 0 aliphatic carbocycles. The lowest BCUT2D eigenvalue weighted by molar-refractivity contribution is 0.332. The Hall–Kier alpha value is -2.87. The van der Waals surface area contributed by atoms with Crippen molar-refractivity contribution >= 4 is 11.8 Å². The molecule has 146 valence electrons. The Morgan fingerprint density at radius 2 is 2.00 bits per heavy atom. The summed E-state index contributed by atoms with van der Waals surface area (Å²) in [5.41, 5.74) is 6.20. The molecular weight excluding hydrogens is 376 g/mol. The molecule has 0 spiro atoms. The minimum Gasteiger partial charge on any atom is -0.507 e. The molecular formula is C20H22N4O3S. The quantitative estimate of drug-likeness (QED) is 0.650. The summed E-state index contributed by atoms with van der Waals surface area (Å²) in [6.07, 6.45) is 0.860. The number of aryl methyl sites for hydroxylation is 1. The molecule has 1 atom stereocenters. The maximum absolute atomic E-state index is 10.2. The smallest absolute Gasteiger partial charge is 0.212 e. The monoisotopic (exact) mass is 398 g/mol. The number of rotatable bonds is 6. The molecule has 8 heteroatoms. The van der Waals surface area contributed by atoms with Crippen LogP contribution >= 0.6 is 11.8 Å². The molecule has 0 saturated heterocycles. The summed E-state index contributed by atoms with van der Waals surface area (Å²) in [5, 5.41) is 19.3. The molecule has 0 bridgehead atoms. The lowest BCUT2D eigenvalue weighted by Crippen LogP contribution is -2.15. The van der Waals surface area contributed by atoms with Gasteiger partial charge in [-0.05, 0) is 37.1 Å². The molecule has 1 aliphatic heterocycles. The lowest BCUT2D eigenvalue weighted by atomic mass is 10.1. The number of methoxy groups -OCH3 is 1. The summed E-state index contributed by atoms with van der Waals surface area (Å²) in [7, 11) is 1.66. The first kappa shape index (κ1) is 18.5. The molecule has 2 heterocycles. The first-order valence-electron chi connectivity index (χ1n) is 9.16. The molecule has 0 saturated carbocycles. The summed E-state index contributed by atoms with van der Waals surface area (Å²) >= 11 is 1.55. The molecule has 2 aromatic carbocycles. The summed E-state index contributed by atoms with van der Waals surface area (Å²) in [6.45, 7) is 4.69. The van der Waals surface area contributed by atoms with Crippen LogP contribution in [0.2, 0.25) is 0 Å². The van der Waals surface area contributed by atoms with Crippen molar-refractivity contribution in [2.45, 2.75) is 30.8 Å². The number of para-hydroxylation sites is 1. The number of phenols is 1. The van der Waals surface area contributed by atoms with Gasteiger partial charge in [0.25, 0.3) is 0 Å². The second-order valence-electron chi connectivity index (χ2n) is 6.27. The Balaban J connectivity index is 1.70. The van der Waals surface area contributed by atoms with Crippen molar-refractivity contribution in [3.05, 3.63) is 47.5 Å². The van der Waals surface area contributed by atoms with Crippen LogP contribution in [-0.4, -0.2) is 33.7 Å². The fourth-order valence-electron chi connectivity index (χ4n) is 3.25. The molecule has 0 fully saturated rings. The number of phenolic OH excluding ortho intramolecular Hbond substituents is 1. The summed E-state index contributed by atoms with van der Waals surface area (Å²) in [6, 6.07) is 11.2. The predicted octanol–water partition coefficient (Wildman–Crippen LogP) is 3.97. The van der Waals surface area contributed by atoms with Crippen molar-refractivity contribution in [1.29, 1.82) is 0 Å². The van der Waals surface area contributed by atoms with Gasteiger partial charge in [0.05, 0.1) is 19.3 Å². The van der Waals surface area contributed by atoms with E-state index in [9.17, 15) is 5.11 Å². The largest absolute Gasteiger partial charge is 0.507 e. The number of aromatic hydroxyl groups is 1. The van der Waals surface area contributed by atoms with E-state index in [1.54, 1.807) is 31.0 Å². The van der Waals surface area contributed by atoms with E-state index in [1.165, 1.54) is 0 Å². The Bertz CT molecular complexity index is 1010. The van der Waals surface area contributed by atoms with Crippen molar-refractivity contribution in [3.8, 4) is 28.6 Å². The highest BCUT2D eigenvalue weighted by molar-refractivity contribution is 7.99. The third-order valence-corrected chi connectivity index (χ3v) is 5.69. The van der Waals surface area contributed by atoms with Crippen molar-refractivity contribution in [2.75, 3.05) is 19.1 Å². The normalized spacial score (nSPS) is 15.2. The number of aromatic nitrogens is 3. The number of hydrogen-bond acceptors (Lipinski definition) is 7. The fraction of sp³-hybridized carbons (Fsp3) is 0.300. The van der Waals surface area contributed by atoms with Gasteiger partial charge in [-0.25, -0.2) is 4.68 Å². The summed E-state index contributed by atoms with van der Waals surface area (Å²) in [4.78, 5) is 0. The number of ether oxygens (including phenoxy) is 2. The van der Waals surface area contributed by atoms with Crippen LogP contribution in [-0.2, 0) is 6.42 Å². The molecule has 2 N–H and O–H groups in total. The number of fused-ring (bicyclic) bond motifs is 1. The molecule has 3 aromatic rings. The fourth-order valence-corrected chi connectivity index (χ4v) is 4.27. The molecule has 0 amide bonds. The Kier molecular flexibility index (Phi) is 5.04. The van der Waals surface area contributed by atoms with Crippen molar-refractivity contribution in [1.82, 2.24) is 14.9 Å². The molecule has 28 heavy (non-hydrogen) atoms. The van der Waals surface area contributed by atoms with E-state index >= 15 is 0 Å². The Morgan fingerprint density at radius 1 is 1.18 bits per heavy atom. The zero-order valence-electron chi connectivity index (χ0n) is 16.0. The lowest BCUT2D eigenvalue weighted by Gasteiger charge is -2.19. The van der Waals surface area contributed by atoms with E-state index in [1.807, 2.05) is 29.8 Å². The summed E-state index contributed by atoms with van der Waals surface area (Å²) < 4.78 is 13.2. The van der Waals surface area contributed by atoms with Crippen LogP contribution in [0.25, 0.3) is 11.4 Å². The number of hydrogen-bond donors (Lipinski definition) is 2. The van der Waals surface area contributed by atoms with Crippen LogP contribution in [0.3, 0.4) is 0 Å². The second-order valence-corrected chi connectivity index (χ2v) is 7.35. The number of nitrogens with zero attached hydrogens (tertiary/aromatic N) is 3. The minimum absolute atomic E-state index is 0.0916. The van der Waals surface area contributed by atoms with Crippen molar-refractivity contribution in [2.24, 2.45) is 0 Å². The van der Waals surface area contributed by atoms with Gasteiger partial charge in [-0.1, -0.05) is 30.8 Å². The van der Waals surface area contributed by atoms with Gasteiger partial charge in [0, 0.05) is 11.6 Å². The molecule has 1 aliphatic rings.